The number of hydrogen-bond donors (Lipinski definition) is 1. The predicted octanol–water partition coefficient (Wildman–Crippen LogP) is 6.29. The lowest BCUT2D eigenvalue weighted by molar-refractivity contribution is -0.302. The molecule has 0 bridgehead atoms. The summed E-state index contributed by atoms with van der Waals surface area (Å²) in [5.41, 5.74) is 2.54. The van der Waals surface area contributed by atoms with Crippen LogP contribution >= 0.6 is 0 Å². The van der Waals surface area contributed by atoms with Gasteiger partial charge in [0.2, 0.25) is 5.91 Å². The molecule has 6 rings (SSSR count). The van der Waals surface area contributed by atoms with Crippen molar-refractivity contribution in [3.05, 3.63) is 83.8 Å². The number of amidine groups is 1. The van der Waals surface area contributed by atoms with Crippen LogP contribution in [-0.2, 0) is 16.1 Å². The highest BCUT2D eigenvalue weighted by Crippen LogP contribution is 2.40. The van der Waals surface area contributed by atoms with Crippen molar-refractivity contribution in [2.45, 2.75) is 46.0 Å². The number of nitrogens with zero attached hydrogens (tertiary/aromatic N) is 7. The number of hydrogen-bond acceptors (Lipinski definition) is 7. The van der Waals surface area contributed by atoms with Crippen molar-refractivity contribution < 1.29 is 36.6 Å². The number of carbonyl (C=O) groups is 2. The smallest absolute Gasteiger partial charge is 0.496 e. The summed E-state index contributed by atoms with van der Waals surface area (Å²) >= 11 is 0. The highest BCUT2D eigenvalue weighted by molar-refractivity contribution is 6.05. The molecular weight excluding hydrogens is 708 g/mol. The van der Waals surface area contributed by atoms with Crippen LogP contribution in [0.3, 0.4) is 0 Å². The van der Waals surface area contributed by atoms with Crippen LogP contribution in [-0.4, -0.2) is 112 Å². The zero-order chi connectivity index (χ0) is 38.4. The van der Waals surface area contributed by atoms with E-state index in [1.165, 1.54) is 6.08 Å². The number of alkyl halides is 3. The molecule has 0 atom stereocenters. The van der Waals surface area contributed by atoms with Crippen LogP contribution in [0, 0.1) is 5.82 Å². The highest BCUT2D eigenvalue weighted by Gasteiger charge is 2.36. The monoisotopic (exact) mass is 750 g/mol. The Morgan fingerprint density at radius 1 is 1.00 bits per heavy atom. The largest absolute Gasteiger partial charge is 0.573 e. The number of aliphatic imine (C=N–C) groups is 1. The van der Waals surface area contributed by atoms with E-state index in [1.807, 2.05) is 24.3 Å². The van der Waals surface area contributed by atoms with Crippen molar-refractivity contribution in [1.82, 2.24) is 34.7 Å². The fourth-order valence-electron chi connectivity index (χ4n) is 6.84. The quantitative estimate of drug-likeness (QED) is 0.0829. The number of piperazine rings is 1. The lowest BCUT2D eigenvalue weighted by Crippen LogP contribution is -2.51. The Bertz CT molecular complexity index is 2060. The number of para-hydroxylation sites is 1. The fourth-order valence-corrected chi connectivity index (χ4v) is 6.84. The lowest BCUT2D eigenvalue weighted by Gasteiger charge is -2.36. The van der Waals surface area contributed by atoms with Crippen molar-refractivity contribution in [1.29, 1.82) is 0 Å². The molecule has 2 aliphatic heterocycles. The van der Waals surface area contributed by atoms with Gasteiger partial charge in [0.1, 0.15) is 11.4 Å². The highest BCUT2D eigenvalue weighted by atomic mass is 19.4. The maximum Gasteiger partial charge on any atom is 0.573 e. The van der Waals surface area contributed by atoms with Gasteiger partial charge in [-0.3, -0.25) is 19.3 Å². The molecule has 2 aromatic heterocycles. The Kier molecular flexibility index (Phi) is 11.7. The third kappa shape index (κ3) is 8.42. The molecule has 12 nitrogen and oxygen atoms in total. The Labute approximate surface area is 309 Å². The number of carbonyl (C=O) groups excluding carboxylic acids is 2. The van der Waals surface area contributed by atoms with Gasteiger partial charge in [-0.2, -0.15) is 0 Å². The van der Waals surface area contributed by atoms with E-state index in [9.17, 15) is 22.8 Å². The zero-order valence-corrected chi connectivity index (χ0v) is 30.3. The molecule has 4 aromatic rings. The van der Waals surface area contributed by atoms with E-state index in [-0.39, 0.29) is 80.3 Å². The first-order valence-electron chi connectivity index (χ1n) is 17.9. The van der Waals surface area contributed by atoms with E-state index >= 15 is 4.39 Å². The number of aromatic nitrogens is 4. The third-order valence-corrected chi connectivity index (χ3v) is 9.37. The number of allylic oxidation sites excluding steroid dienone is 1. The maximum atomic E-state index is 16.7. The number of amides is 2. The second kappa shape index (κ2) is 16.6. The van der Waals surface area contributed by atoms with Crippen LogP contribution < -0.4 is 4.74 Å². The summed E-state index contributed by atoms with van der Waals surface area (Å²) in [5.74, 6) is -0.768. The van der Waals surface area contributed by atoms with Crippen molar-refractivity contribution in [2.24, 2.45) is 4.99 Å². The van der Waals surface area contributed by atoms with Gasteiger partial charge in [0.15, 0.2) is 17.4 Å². The normalized spacial score (nSPS) is 15.8. The average Bonchev–Trinajstić information content (AvgIpc) is 3.87. The molecule has 1 saturated heterocycles. The molecule has 2 amide bonds. The molecule has 286 valence electrons. The Balaban J connectivity index is 1.28. The van der Waals surface area contributed by atoms with Crippen LogP contribution in [0.5, 0.6) is 5.75 Å². The average molecular weight is 751 g/mol. The van der Waals surface area contributed by atoms with E-state index in [1.54, 1.807) is 70.9 Å². The number of fused-ring (bicyclic) bond motifs is 1. The summed E-state index contributed by atoms with van der Waals surface area (Å²) in [5, 5.41) is 8.17. The molecule has 1 fully saturated rings. The van der Waals surface area contributed by atoms with Crippen LogP contribution in [0.25, 0.3) is 27.6 Å². The van der Waals surface area contributed by atoms with Crippen molar-refractivity contribution >= 4 is 34.1 Å². The SMILES string of the molecule is CC/C=C(/OC(F)(F)F)C(=NCC)N1CCN(C(=O)c2cc3c(-c4ccccc4OC)cc(C4=CCCN(C(=O)CCn5ccnn5)C4)c(F)c3[nH]2)CC1. The van der Waals surface area contributed by atoms with Gasteiger partial charge in [-0.1, -0.05) is 36.4 Å². The number of H-pyrrole nitrogens is 1. The van der Waals surface area contributed by atoms with E-state index < -0.39 is 12.2 Å². The van der Waals surface area contributed by atoms with Gasteiger partial charge in [0.05, 0.1) is 25.4 Å². The van der Waals surface area contributed by atoms with Crippen molar-refractivity contribution in [3.63, 3.8) is 0 Å². The number of methoxy groups -OCH3 is 1. The van der Waals surface area contributed by atoms with Gasteiger partial charge in [0.25, 0.3) is 5.91 Å². The third-order valence-electron chi connectivity index (χ3n) is 9.37. The maximum absolute atomic E-state index is 16.7. The second-order valence-corrected chi connectivity index (χ2v) is 12.8. The second-order valence-electron chi connectivity index (χ2n) is 12.8. The molecule has 0 radical (unpaired) electrons. The molecule has 2 aliphatic rings. The summed E-state index contributed by atoms with van der Waals surface area (Å²) in [6.45, 7) is 5.52. The summed E-state index contributed by atoms with van der Waals surface area (Å²) in [6, 6.07) is 10.7. The minimum absolute atomic E-state index is 0.0814. The summed E-state index contributed by atoms with van der Waals surface area (Å²) in [4.78, 5) is 39.5. The van der Waals surface area contributed by atoms with Crippen molar-refractivity contribution in [2.75, 3.05) is 52.9 Å². The van der Waals surface area contributed by atoms with Crippen LogP contribution in [0.1, 0.15) is 49.2 Å². The van der Waals surface area contributed by atoms with Gasteiger partial charge >= 0.3 is 6.36 Å². The molecule has 16 heteroatoms. The van der Waals surface area contributed by atoms with Crippen LogP contribution in [0.15, 0.2) is 71.7 Å². The minimum Gasteiger partial charge on any atom is -0.496 e. The zero-order valence-electron chi connectivity index (χ0n) is 30.3. The first kappa shape index (κ1) is 38.1. The molecule has 2 aromatic carbocycles. The minimum atomic E-state index is -4.88. The molecule has 0 aliphatic carbocycles. The van der Waals surface area contributed by atoms with Gasteiger partial charge in [-0.25, -0.2) is 4.39 Å². The summed E-state index contributed by atoms with van der Waals surface area (Å²) < 4.78 is 68.1. The molecule has 0 saturated carbocycles. The first-order chi connectivity index (χ1) is 26.0. The lowest BCUT2D eigenvalue weighted by atomic mass is 9.93. The summed E-state index contributed by atoms with van der Waals surface area (Å²) in [7, 11) is 1.55. The number of aromatic amines is 1. The number of rotatable bonds is 11. The topological polar surface area (TPSA) is 121 Å². The molecule has 54 heavy (non-hydrogen) atoms. The Morgan fingerprint density at radius 2 is 1.76 bits per heavy atom. The molecule has 0 spiro atoms. The molecule has 0 unspecified atom stereocenters. The molecule has 4 heterocycles. The first-order valence-corrected chi connectivity index (χ1v) is 17.9. The Morgan fingerprint density at radius 3 is 2.44 bits per heavy atom. The number of ether oxygens (including phenoxy) is 2. The summed E-state index contributed by atoms with van der Waals surface area (Å²) in [6.07, 6.45) is 2.68. The van der Waals surface area contributed by atoms with E-state index in [2.05, 4.69) is 25.0 Å². The van der Waals surface area contributed by atoms with Crippen molar-refractivity contribution in [3.8, 4) is 16.9 Å². The van der Waals surface area contributed by atoms with Gasteiger partial charge in [-0.15, -0.1) is 18.3 Å². The number of benzene rings is 2. The van der Waals surface area contributed by atoms with E-state index in [4.69, 9.17) is 4.74 Å². The van der Waals surface area contributed by atoms with Crippen LogP contribution in [0.2, 0.25) is 0 Å². The Hall–Kier alpha value is -5.67. The van der Waals surface area contributed by atoms with Gasteiger partial charge in [0, 0.05) is 74.9 Å². The number of aryl methyl sites for hydroxylation is 1. The van der Waals surface area contributed by atoms with Gasteiger partial charge in [-0.05, 0) is 55.2 Å². The number of nitrogens with one attached hydrogen (secondary N) is 1. The van der Waals surface area contributed by atoms with E-state index in [0.717, 1.165) is 0 Å². The van der Waals surface area contributed by atoms with Gasteiger partial charge < -0.3 is 29.2 Å². The fraction of sp³-hybridized carbons (Fsp3) is 0.395. The molecular formula is C38H42F4N8O4. The number of halogens is 4. The van der Waals surface area contributed by atoms with E-state index in [0.29, 0.717) is 59.3 Å². The standard InChI is InChI=1S/C38H42F4N8O4/c1-4-9-32(54-38(40,41)42)36(43-5-2)47-18-20-48(21-19-47)37(52)30-23-29-28(26-11-6-7-12-31(26)53-3)22-27(34(39)35(29)45-30)25-10-8-15-49(24-25)33(51)13-16-50-17-14-44-46-50/h6-7,9-12,14,17,22-23,45H,4-5,8,13,15-16,18-21,24H2,1-3H3/b32-9+,43-36?. The van der Waals surface area contributed by atoms with Crippen LogP contribution in [0.4, 0.5) is 17.6 Å². The predicted molar refractivity (Wildman–Crippen MR) is 195 cm³/mol. The molecule has 1 N–H and O–H groups in total.